The van der Waals surface area contributed by atoms with Crippen molar-refractivity contribution >= 4 is 16.1 Å². The van der Waals surface area contributed by atoms with Crippen LogP contribution in [0.5, 0.6) is 0 Å². The van der Waals surface area contributed by atoms with Gasteiger partial charge in [-0.15, -0.1) is 0 Å². The zero-order chi connectivity index (χ0) is 11.9. The molecule has 0 bridgehead atoms. The number of rotatable bonds is 8. The van der Waals surface area contributed by atoms with Gasteiger partial charge in [0.25, 0.3) is 0 Å². The first-order chi connectivity index (χ1) is 6.83. The van der Waals surface area contributed by atoms with Crippen LogP contribution in [0.2, 0.25) is 50.4 Å². The third-order valence-electron chi connectivity index (χ3n) is 3.61. The molecule has 0 radical (unpaired) electrons. The van der Waals surface area contributed by atoms with Gasteiger partial charge in [-0.1, -0.05) is 83.5 Å². The molecule has 0 spiro atoms. The molecule has 0 fully saturated rings. The summed E-state index contributed by atoms with van der Waals surface area (Å²) in [4.78, 5) is 0. The van der Waals surface area contributed by atoms with Gasteiger partial charge in [-0.2, -0.15) is 0 Å². The van der Waals surface area contributed by atoms with E-state index in [1.807, 2.05) is 0 Å². The van der Waals surface area contributed by atoms with E-state index in [0.29, 0.717) is 0 Å². The summed E-state index contributed by atoms with van der Waals surface area (Å²) >= 11 is 0. The normalized spacial score (nSPS) is 13.2. The van der Waals surface area contributed by atoms with Gasteiger partial charge in [0.1, 0.15) is 0 Å². The average Bonchev–Trinajstić information content (AvgIpc) is 2.12. The number of unbranched alkanes of at least 4 members (excludes halogenated alkanes) is 1. The maximum absolute atomic E-state index is 2.60. The van der Waals surface area contributed by atoms with Crippen molar-refractivity contribution in [1.82, 2.24) is 0 Å². The Labute approximate surface area is 99.9 Å². The van der Waals surface area contributed by atoms with Crippen molar-refractivity contribution in [2.24, 2.45) is 0 Å². The van der Waals surface area contributed by atoms with Gasteiger partial charge in [-0.25, -0.2) is 0 Å². The van der Waals surface area contributed by atoms with Gasteiger partial charge in [0, 0.05) is 16.1 Å². The van der Waals surface area contributed by atoms with Crippen LogP contribution in [0.15, 0.2) is 0 Å². The first-order valence-corrected chi connectivity index (χ1v) is 13.7. The number of hydrogen-bond acceptors (Lipinski definition) is 0. The van der Waals surface area contributed by atoms with E-state index < -0.39 is 16.1 Å². The minimum atomic E-state index is -0.828. The maximum Gasteiger partial charge on any atom is 0.0470 e. The average molecular weight is 245 g/mol. The van der Waals surface area contributed by atoms with Crippen LogP contribution < -0.4 is 0 Å². The van der Waals surface area contributed by atoms with Crippen LogP contribution in [0.1, 0.15) is 33.1 Å². The van der Waals surface area contributed by atoms with Gasteiger partial charge in [0.2, 0.25) is 0 Å². The molecule has 0 amide bonds. The fraction of sp³-hybridized carbons (Fsp3) is 1.00. The molecular weight excluding hydrogens is 212 g/mol. The summed E-state index contributed by atoms with van der Waals surface area (Å²) in [5.74, 6) is 0. The molecule has 15 heavy (non-hydrogen) atoms. The molecule has 0 aliphatic carbocycles. The second-order valence-corrected chi connectivity index (χ2v) is 17.3. The second kappa shape index (κ2) is 6.90. The lowest BCUT2D eigenvalue weighted by Crippen LogP contribution is -2.31. The second-order valence-electron chi connectivity index (χ2n) is 6.68. The predicted octanol–water partition coefficient (Wildman–Crippen LogP) is 5.61. The molecule has 0 saturated heterocycles. The van der Waals surface area contributed by atoms with Crippen molar-refractivity contribution in [3.05, 3.63) is 0 Å². The van der Waals surface area contributed by atoms with Crippen LogP contribution in [0, 0.1) is 0 Å². The summed E-state index contributed by atoms with van der Waals surface area (Å²) in [6, 6.07) is 6.27. The van der Waals surface area contributed by atoms with Gasteiger partial charge in [-0.3, -0.25) is 0 Å². The summed E-state index contributed by atoms with van der Waals surface area (Å²) < 4.78 is 0. The summed E-state index contributed by atoms with van der Waals surface area (Å²) in [6.45, 7) is 15.0. The minimum Gasteiger partial charge on any atom is -0.0694 e. The summed E-state index contributed by atoms with van der Waals surface area (Å²) in [7, 11) is -1.65. The van der Waals surface area contributed by atoms with Gasteiger partial charge < -0.3 is 0 Å². The molecule has 0 aliphatic rings. The van der Waals surface area contributed by atoms with E-state index in [1.54, 1.807) is 18.1 Å². The molecule has 92 valence electrons. The quantitative estimate of drug-likeness (QED) is 0.487. The van der Waals surface area contributed by atoms with Gasteiger partial charge in [-0.05, 0) is 0 Å². The maximum atomic E-state index is 2.60. The van der Waals surface area contributed by atoms with Gasteiger partial charge >= 0.3 is 0 Å². The first-order valence-electron chi connectivity index (χ1n) is 6.83. The molecule has 0 rings (SSSR count). The van der Waals surface area contributed by atoms with Crippen LogP contribution in [0.25, 0.3) is 0 Å². The molecule has 0 aromatic heterocycles. The summed E-state index contributed by atoms with van der Waals surface area (Å²) in [6.07, 6.45) is 4.25. The monoisotopic (exact) mass is 244 g/mol. The van der Waals surface area contributed by atoms with Crippen molar-refractivity contribution in [3.8, 4) is 0 Å². The fourth-order valence-corrected chi connectivity index (χ4v) is 10.8. The summed E-state index contributed by atoms with van der Waals surface area (Å²) in [5, 5.41) is 0. The smallest absolute Gasteiger partial charge is 0.0470 e. The molecular formula is C13H32Si2. The van der Waals surface area contributed by atoms with E-state index in [4.69, 9.17) is 0 Å². The minimum absolute atomic E-state index is 0.818. The lowest BCUT2D eigenvalue weighted by molar-refractivity contribution is 0.863. The molecule has 0 aliphatic heterocycles. The number of hydrogen-bond donors (Lipinski definition) is 0. The van der Waals surface area contributed by atoms with Crippen molar-refractivity contribution in [2.75, 3.05) is 0 Å². The van der Waals surface area contributed by atoms with Gasteiger partial charge in [0.15, 0.2) is 0 Å². The zero-order valence-electron chi connectivity index (χ0n) is 11.9. The third kappa shape index (κ3) is 8.26. The van der Waals surface area contributed by atoms with Crippen LogP contribution in [0.3, 0.4) is 0 Å². The van der Waals surface area contributed by atoms with E-state index >= 15 is 0 Å². The highest BCUT2D eigenvalue weighted by atomic mass is 28.3. The van der Waals surface area contributed by atoms with Crippen molar-refractivity contribution in [2.45, 2.75) is 83.5 Å². The fourth-order valence-electron chi connectivity index (χ4n) is 2.26. The highest BCUT2D eigenvalue weighted by molar-refractivity contribution is 6.82. The van der Waals surface area contributed by atoms with Gasteiger partial charge in [0.05, 0.1) is 0 Å². The van der Waals surface area contributed by atoms with Crippen LogP contribution in [-0.2, 0) is 0 Å². The van der Waals surface area contributed by atoms with E-state index in [9.17, 15) is 0 Å². The Kier molecular flexibility index (Phi) is 7.10. The molecule has 0 atom stereocenters. The van der Waals surface area contributed by atoms with E-state index in [2.05, 4.69) is 40.0 Å². The highest BCUT2D eigenvalue weighted by Gasteiger charge is 2.25. The van der Waals surface area contributed by atoms with E-state index in [-0.39, 0.29) is 0 Å². The third-order valence-corrected chi connectivity index (χ3v) is 10.9. The summed E-state index contributed by atoms with van der Waals surface area (Å²) in [5.41, 5.74) is 0. The molecule has 2 heteroatoms. The SMILES string of the molecule is CCCC[Si](C)(C)CC[Si](C)(C)CCC. The van der Waals surface area contributed by atoms with Crippen molar-refractivity contribution in [1.29, 1.82) is 0 Å². The van der Waals surface area contributed by atoms with Crippen molar-refractivity contribution < 1.29 is 0 Å². The Morgan fingerprint density at radius 2 is 1.07 bits per heavy atom. The molecule has 0 aromatic rings. The van der Waals surface area contributed by atoms with Crippen LogP contribution in [0.4, 0.5) is 0 Å². The Morgan fingerprint density at radius 1 is 0.600 bits per heavy atom. The Morgan fingerprint density at radius 3 is 1.47 bits per heavy atom. The van der Waals surface area contributed by atoms with Crippen LogP contribution in [-0.4, -0.2) is 16.1 Å². The molecule has 0 unspecified atom stereocenters. The zero-order valence-corrected chi connectivity index (χ0v) is 13.9. The molecule has 0 nitrogen and oxygen atoms in total. The van der Waals surface area contributed by atoms with E-state index in [0.717, 1.165) is 0 Å². The Balaban J connectivity index is 3.90. The highest BCUT2D eigenvalue weighted by Crippen LogP contribution is 2.27. The molecule has 0 heterocycles. The van der Waals surface area contributed by atoms with Crippen LogP contribution >= 0.6 is 0 Å². The predicted molar refractivity (Wildman–Crippen MR) is 79.4 cm³/mol. The standard InChI is InChI=1S/C13H32Si2/c1-7-9-11-15(5,6)13-12-14(3,4)10-8-2/h7-13H2,1-6H3. The largest absolute Gasteiger partial charge is 0.0694 e. The van der Waals surface area contributed by atoms with E-state index in [1.165, 1.54) is 25.3 Å². The molecule has 0 saturated carbocycles. The van der Waals surface area contributed by atoms with Crippen molar-refractivity contribution in [3.63, 3.8) is 0 Å². The Bertz CT molecular complexity index is 162. The molecule has 0 N–H and O–H groups in total. The lowest BCUT2D eigenvalue weighted by Gasteiger charge is -2.28. The molecule has 0 aromatic carbocycles. The topological polar surface area (TPSA) is 0 Å². The first kappa shape index (κ1) is 15.4. The lowest BCUT2D eigenvalue weighted by atomic mass is 10.4. The Hall–Kier alpha value is 0.434.